The highest BCUT2D eigenvalue weighted by Crippen LogP contribution is 2.16. The fraction of sp³-hybridized carbons (Fsp3) is 0.333. The molecule has 130 valence electrons. The summed E-state index contributed by atoms with van der Waals surface area (Å²) in [7, 11) is 0. The highest BCUT2D eigenvalue weighted by Gasteiger charge is 2.37. The Bertz CT molecular complexity index is 613. The molecule has 0 saturated carbocycles. The molecule has 0 aliphatic carbocycles. The maximum atomic E-state index is 12.3. The molecular formula is C15H19N3O6. The van der Waals surface area contributed by atoms with Crippen molar-refractivity contribution in [2.24, 2.45) is 11.7 Å². The molecular weight excluding hydrogens is 318 g/mol. The number of carbonyl (C=O) groups is 4. The zero-order chi connectivity index (χ0) is 18.1. The summed E-state index contributed by atoms with van der Waals surface area (Å²) < 4.78 is 9.47. The lowest BCUT2D eigenvalue weighted by atomic mass is 10.1. The molecule has 0 aromatic heterocycles. The van der Waals surface area contributed by atoms with Crippen LogP contribution in [0.4, 0.5) is 16.2 Å². The van der Waals surface area contributed by atoms with Gasteiger partial charge in [-0.3, -0.25) is 14.4 Å². The molecule has 0 aliphatic heterocycles. The molecule has 9 nitrogen and oxygen atoms in total. The van der Waals surface area contributed by atoms with Crippen molar-refractivity contribution in [1.82, 2.24) is 0 Å². The van der Waals surface area contributed by atoms with Crippen LogP contribution in [0, 0.1) is 5.92 Å². The van der Waals surface area contributed by atoms with Crippen LogP contribution in [0.2, 0.25) is 0 Å². The summed E-state index contributed by atoms with van der Waals surface area (Å²) in [6.45, 7) is 3.13. The molecule has 0 fully saturated rings. The van der Waals surface area contributed by atoms with Crippen molar-refractivity contribution < 1.29 is 28.7 Å². The van der Waals surface area contributed by atoms with Gasteiger partial charge >= 0.3 is 18.0 Å². The van der Waals surface area contributed by atoms with Crippen LogP contribution in [-0.2, 0) is 23.9 Å². The first-order chi connectivity index (χ1) is 11.4. The highest BCUT2D eigenvalue weighted by molar-refractivity contribution is 6.18. The zero-order valence-electron chi connectivity index (χ0n) is 13.3. The maximum Gasteiger partial charge on any atom is 0.330 e. The van der Waals surface area contributed by atoms with Gasteiger partial charge in [-0.1, -0.05) is 6.07 Å². The maximum absolute atomic E-state index is 12.3. The van der Waals surface area contributed by atoms with Gasteiger partial charge in [-0.2, -0.15) is 0 Å². The molecule has 1 rings (SSSR count). The lowest BCUT2D eigenvalue weighted by Crippen LogP contribution is -2.38. The number of amides is 3. The number of anilines is 2. The zero-order valence-corrected chi connectivity index (χ0v) is 13.3. The summed E-state index contributed by atoms with van der Waals surface area (Å²) in [6.07, 6.45) is 0. The van der Waals surface area contributed by atoms with E-state index in [0.29, 0.717) is 5.69 Å². The monoisotopic (exact) mass is 337 g/mol. The van der Waals surface area contributed by atoms with E-state index in [-0.39, 0.29) is 18.9 Å². The number of hydrogen-bond donors (Lipinski definition) is 3. The Labute approximate surface area is 138 Å². The molecule has 1 aromatic carbocycles. The van der Waals surface area contributed by atoms with Crippen LogP contribution in [0.1, 0.15) is 13.8 Å². The van der Waals surface area contributed by atoms with Crippen molar-refractivity contribution in [1.29, 1.82) is 0 Å². The van der Waals surface area contributed by atoms with Gasteiger partial charge in [0.25, 0.3) is 0 Å². The molecule has 0 unspecified atom stereocenters. The molecule has 0 aliphatic rings. The van der Waals surface area contributed by atoms with Gasteiger partial charge in [0.05, 0.1) is 13.2 Å². The van der Waals surface area contributed by atoms with Crippen LogP contribution >= 0.6 is 0 Å². The second-order valence-corrected chi connectivity index (χ2v) is 4.50. The number of esters is 2. The van der Waals surface area contributed by atoms with E-state index < -0.39 is 29.8 Å². The van der Waals surface area contributed by atoms with Crippen molar-refractivity contribution in [2.45, 2.75) is 13.8 Å². The number of nitrogens with one attached hydrogen (secondary N) is 2. The molecule has 4 N–H and O–H groups in total. The minimum absolute atomic E-state index is 0.0139. The van der Waals surface area contributed by atoms with Crippen molar-refractivity contribution in [3.63, 3.8) is 0 Å². The summed E-state index contributed by atoms with van der Waals surface area (Å²) in [6, 6.07) is 5.25. The van der Waals surface area contributed by atoms with E-state index in [1.807, 2.05) is 0 Å². The molecule has 0 heterocycles. The lowest BCUT2D eigenvalue weighted by Gasteiger charge is -2.14. The van der Waals surface area contributed by atoms with E-state index in [9.17, 15) is 19.2 Å². The first kappa shape index (κ1) is 18.9. The van der Waals surface area contributed by atoms with E-state index in [1.54, 1.807) is 26.0 Å². The predicted molar refractivity (Wildman–Crippen MR) is 85.0 cm³/mol. The number of ether oxygens (including phenoxy) is 2. The highest BCUT2D eigenvalue weighted by atomic mass is 16.6. The third-order valence-electron chi connectivity index (χ3n) is 2.70. The summed E-state index contributed by atoms with van der Waals surface area (Å²) in [4.78, 5) is 46.8. The van der Waals surface area contributed by atoms with Crippen molar-refractivity contribution in [3.05, 3.63) is 24.3 Å². The first-order valence-corrected chi connectivity index (χ1v) is 7.19. The molecule has 0 spiro atoms. The van der Waals surface area contributed by atoms with Crippen molar-refractivity contribution in [3.8, 4) is 0 Å². The average Bonchev–Trinajstić information content (AvgIpc) is 2.47. The minimum Gasteiger partial charge on any atom is -0.465 e. The van der Waals surface area contributed by atoms with E-state index in [2.05, 4.69) is 10.6 Å². The van der Waals surface area contributed by atoms with E-state index in [4.69, 9.17) is 15.2 Å². The summed E-state index contributed by atoms with van der Waals surface area (Å²) in [5.41, 5.74) is 5.60. The number of nitrogens with two attached hydrogens (primary N) is 1. The third-order valence-corrected chi connectivity index (χ3v) is 2.70. The van der Waals surface area contributed by atoms with Crippen LogP contribution in [0.5, 0.6) is 0 Å². The molecule has 0 radical (unpaired) electrons. The Morgan fingerprint density at radius 1 is 1.00 bits per heavy atom. The summed E-state index contributed by atoms with van der Waals surface area (Å²) in [5.74, 6) is -4.64. The number of urea groups is 1. The Balaban J connectivity index is 2.93. The third kappa shape index (κ3) is 5.59. The van der Waals surface area contributed by atoms with Crippen LogP contribution in [0.3, 0.4) is 0 Å². The molecule has 3 amide bonds. The largest absolute Gasteiger partial charge is 0.465 e. The van der Waals surface area contributed by atoms with Crippen LogP contribution in [0.25, 0.3) is 0 Å². The summed E-state index contributed by atoms with van der Waals surface area (Å²) >= 11 is 0. The lowest BCUT2D eigenvalue weighted by molar-refractivity contribution is -0.163. The van der Waals surface area contributed by atoms with Crippen molar-refractivity contribution >= 4 is 35.3 Å². The van der Waals surface area contributed by atoms with E-state index >= 15 is 0 Å². The van der Waals surface area contributed by atoms with Gasteiger partial charge in [0.2, 0.25) is 11.8 Å². The molecule has 9 heteroatoms. The van der Waals surface area contributed by atoms with Crippen LogP contribution in [0.15, 0.2) is 24.3 Å². The van der Waals surface area contributed by atoms with E-state index in [0.717, 1.165) is 0 Å². The smallest absolute Gasteiger partial charge is 0.330 e. The molecule has 0 atom stereocenters. The number of rotatable bonds is 7. The fourth-order valence-electron chi connectivity index (χ4n) is 1.79. The molecule has 24 heavy (non-hydrogen) atoms. The SMILES string of the molecule is CCOC(=O)C(C(=O)Nc1cccc(NC(N)=O)c1)C(=O)OCC. The Kier molecular flexibility index (Phi) is 7.21. The Hall–Kier alpha value is -3.10. The Morgan fingerprint density at radius 2 is 1.50 bits per heavy atom. The topological polar surface area (TPSA) is 137 Å². The van der Waals surface area contributed by atoms with Gasteiger partial charge in [0, 0.05) is 11.4 Å². The molecule has 0 bridgehead atoms. The van der Waals surface area contributed by atoms with Crippen LogP contribution in [-0.4, -0.2) is 37.1 Å². The second-order valence-electron chi connectivity index (χ2n) is 4.50. The molecule has 0 saturated heterocycles. The normalized spacial score (nSPS) is 9.96. The molecule has 1 aromatic rings. The number of carbonyl (C=O) groups excluding carboxylic acids is 4. The summed E-state index contributed by atoms with van der Waals surface area (Å²) in [5, 5.41) is 4.74. The predicted octanol–water partition coefficient (Wildman–Crippen LogP) is 0.858. The van der Waals surface area contributed by atoms with Gasteiger partial charge in [-0.25, -0.2) is 4.79 Å². The Morgan fingerprint density at radius 3 is 1.96 bits per heavy atom. The van der Waals surface area contributed by atoms with Gasteiger partial charge in [-0.15, -0.1) is 0 Å². The number of benzene rings is 1. The van der Waals surface area contributed by atoms with Gasteiger partial charge in [0.1, 0.15) is 0 Å². The quantitative estimate of drug-likeness (QED) is 0.498. The number of primary amides is 1. The van der Waals surface area contributed by atoms with E-state index in [1.165, 1.54) is 12.1 Å². The first-order valence-electron chi connectivity index (χ1n) is 7.19. The second kappa shape index (κ2) is 9.13. The minimum atomic E-state index is -1.74. The van der Waals surface area contributed by atoms with Crippen LogP contribution < -0.4 is 16.4 Å². The average molecular weight is 337 g/mol. The van der Waals surface area contributed by atoms with Crippen molar-refractivity contribution in [2.75, 3.05) is 23.8 Å². The van der Waals surface area contributed by atoms with Gasteiger partial charge in [0.15, 0.2) is 0 Å². The van der Waals surface area contributed by atoms with Gasteiger partial charge < -0.3 is 25.8 Å². The fourth-order valence-corrected chi connectivity index (χ4v) is 1.79. The standard InChI is InChI=1S/C15H19N3O6/c1-3-23-13(20)11(14(21)24-4-2)12(19)17-9-6-5-7-10(8-9)18-15(16)22/h5-8,11H,3-4H2,1-2H3,(H,17,19)(H3,16,18,22). The number of hydrogen-bond acceptors (Lipinski definition) is 6. The van der Waals surface area contributed by atoms with Gasteiger partial charge in [-0.05, 0) is 32.0 Å².